The zero-order chi connectivity index (χ0) is 14.5. The van der Waals surface area contributed by atoms with Crippen LogP contribution in [0.5, 0.6) is 0 Å². The van der Waals surface area contributed by atoms with Gasteiger partial charge in [-0.05, 0) is 40.2 Å². The van der Waals surface area contributed by atoms with E-state index in [0.29, 0.717) is 15.7 Å². The van der Waals surface area contributed by atoms with Crippen LogP contribution in [-0.2, 0) is 4.79 Å². The number of benzene rings is 2. The summed E-state index contributed by atoms with van der Waals surface area (Å²) in [6.07, 6.45) is 0. The molecule has 0 spiro atoms. The second-order valence-electron chi connectivity index (χ2n) is 3.86. The summed E-state index contributed by atoms with van der Waals surface area (Å²) in [4.78, 5) is 12.9. The molecule has 104 valence electrons. The van der Waals surface area contributed by atoms with Crippen LogP contribution in [0.3, 0.4) is 0 Å². The van der Waals surface area contributed by atoms with Gasteiger partial charge in [0, 0.05) is 9.37 Å². The van der Waals surface area contributed by atoms with Crippen LogP contribution in [0, 0.1) is 0 Å². The number of halogens is 3. The highest BCUT2D eigenvalue weighted by Crippen LogP contribution is 2.31. The summed E-state index contributed by atoms with van der Waals surface area (Å²) in [6, 6.07) is 12.8. The molecule has 0 heterocycles. The lowest BCUT2D eigenvalue weighted by atomic mass is 10.3. The first-order chi connectivity index (χ1) is 9.58. The summed E-state index contributed by atoms with van der Waals surface area (Å²) in [5.74, 6) is 0.130. The monoisotopic (exact) mass is 389 g/mol. The van der Waals surface area contributed by atoms with Gasteiger partial charge in [-0.25, -0.2) is 0 Å². The molecule has 0 aliphatic rings. The van der Waals surface area contributed by atoms with Crippen molar-refractivity contribution in [3.8, 4) is 0 Å². The minimum atomic E-state index is -0.152. The van der Waals surface area contributed by atoms with Crippen LogP contribution in [0.1, 0.15) is 0 Å². The molecule has 0 aromatic heterocycles. The zero-order valence-corrected chi connectivity index (χ0v) is 14.1. The molecule has 0 radical (unpaired) electrons. The molecule has 0 bridgehead atoms. The maximum Gasteiger partial charge on any atom is 0.234 e. The minimum absolute atomic E-state index is 0.152. The van der Waals surface area contributed by atoms with Gasteiger partial charge < -0.3 is 5.32 Å². The molecule has 2 aromatic rings. The fraction of sp³-hybridized carbons (Fsp3) is 0.0714. The Morgan fingerprint density at radius 3 is 2.40 bits per heavy atom. The van der Waals surface area contributed by atoms with Gasteiger partial charge in [-0.2, -0.15) is 0 Å². The molecule has 6 heteroatoms. The highest BCUT2D eigenvalue weighted by atomic mass is 79.9. The lowest BCUT2D eigenvalue weighted by Crippen LogP contribution is -2.14. The van der Waals surface area contributed by atoms with E-state index in [0.717, 1.165) is 9.37 Å². The number of thioether (sulfide) groups is 1. The molecular weight excluding hydrogens is 381 g/mol. The van der Waals surface area contributed by atoms with Gasteiger partial charge >= 0.3 is 0 Å². The number of hydrogen-bond acceptors (Lipinski definition) is 2. The average molecular weight is 391 g/mol. The van der Waals surface area contributed by atoms with Crippen LogP contribution in [0.2, 0.25) is 10.0 Å². The van der Waals surface area contributed by atoms with E-state index in [1.165, 1.54) is 11.8 Å². The van der Waals surface area contributed by atoms with Gasteiger partial charge in [-0.1, -0.05) is 41.4 Å². The molecule has 0 atom stereocenters. The van der Waals surface area contributed by atoms with Gasteiger partial charge in [0.05, 0.1) is 21.5 Å². The second kappa shape index (κ2) is 7.36. The van der Waals surface area contributed by atoms with Crippen LogP contribution >= 0.6 is 50.9 Å². The molecule has 1 N–H and O–H groups in total. The molecule has 2 rings (SSSR count). The van der Waals surface area contributed by atoms with Gasteiger partial charge in [0.1, 0.15) is 0 Å². The fourth-order valence-corrected chi connectivity index (χ4v) is 3.36. The number of carbonyl (C=O) groups excluding carboxylic acids is 1. The van der Waals surface area contributed by atoms with E-state index in [2.05, 4.69) is 21.2 Å². The number of amides is 1. The molecule has 2 aromatic carbocycles. The Labute approximate surface area is 140 Å². The van der Waals surface area contributed by atoms with E-state index in [4.69, 9.17) is 23.2 Å². The molecule has 0 aliphatic heterocycles. The van der Waals surface area contributed by atoms with Crippen molar-refractivity contribution in [1.29, 1.82) is 0 Å². The van der Waals surface area contributed by atoms with Crippen molar-refractivity contribution in [1.82, 2.24) is 0 Å². The van der Waals surface area contributed by atoms with E-state index in [1.807, 2.05) is 24.3 Å². The van der Waals surface area contributed by atoms with Crippen LogP contribution in [0.25, 0.3) is 0 Å². The van der Waals surface area contributed by atoms with Gasteiger partial charge in [0.25, 0.3) is 0 Å². The normalized spacial score (nSPS) is 10.3. The summed E-state index contributed by atoms with van der Waals surface area (Å²) >= 11 is 16.9. The Morgan fingerprint density at radius 2 is 1.75 bits per heavy atom. The van der Waals surface area contributed by atoms with Gasteiger partial charge in [0.15, 0.2) is 0 Å². The van der Waals surface area contributed by atoms with Crippen molar-refractivity contribution >= 4 is 62.5 Å². The van der Waals surface area contributed by atoms with Gasteiger partial charge in [0.2, 0.25) is 5.91 Å². The number of para-hydroxylation sites is 1. The maximum absolute atomic E-state index is 11.9. The Bertz CT molecular complexity index is 616. The van der Waals surface area contributed by atoms with Crippen molar-refractivity contribution in [3.63, 3.8) is 0 Å². The first kappa shape index (κ1) is 15.7. The average Bonchev–Trinajstić information content (AvgIpc) is 2.42. The maximum atomic E-state index is 11.9. The van der Waals surface area contributed by atoms with E-state index in [9.17, 15) is 4.79 Å². The third-order valence-electron chi connectivity index (χ3n) is 2.42. The zero-order valence-electron chi connectivity index (χ0n) is 10.2. The van der Waals surface area contributed by atoms with Gasteiger partial charge in [-0.3, -0.25) is 4.79 Å². The molecule has 2 nitrogen and oxygen atoms in total. The third-order valence-corrected chi connectivity index (χ3v) is 5.08. The Balaban J connectivity index is 1.98. The Kier molecular flexibility index (Phi) is 5.78. The number of rotatable bonds is 4. The molecule has 0 aliphatic carbocycles. The predicted octanol–water partition coefficient (Wildman–Crippen LogP) is 5.49. The topological polar surface area (TPSA) is 29.1 Å². The Hall–Kier alpha value is -0.680. The smallest absolute Gasteiger partial charge is 0.234 e. The summed E-state index contributed by atoms with van der Waals surface area (Å²) in [5, 5.41) is 3.58. The van der Waals surface area contributed by atoms with Crippen molar-refractivity contribution in [2.75, 3.05) is 11.1 Å². The second-order valence-corrected chi connectivity index (χ2v) is 6.55. The number of nitrogens with one attached hydrogen (secondary N) is 1. The largest absolute Gasteiger partial charge is 0.323 e. The molecule has 0 saturated heterocycles. The summed E-state index contributed by atoms with van der Waals surface area (Å²) < 4.78 is 0.966. The van der Waals surface area contributed by atoms with E-state index < -0.39 is 0 Å². The summed E-state index contributed by atoms with van der Waals surface area (Å²) in [6.45, 7) is 0. The van der Waals surface area contributed by atoms with Gasteiger partial charge in [-0.15, -0.1) is 11.8 Å². The fourth-order valence-electron chi connectivity index (χ4n) is 1.50. The van der Waals surface area contributed by atoms with Crippen LogP contribution in [-0.4, -0.2) is 11.7 Å². The van der Waals surface area contributed by atoms with Crippen molar-refractivity contribution in [2.24, 2.45) is 0 Å². The lowest BCUT2D eigenvalue weighted by Gasteiger charge is -2.09. The molecule has 0 saturated carbocycles. The predicted molar refractivity (Wildman–Crippen MR) is 90.0 cm³/mol. The molecule has 20 heavy (non-hydrogen) atoms. The van der Waals surface area contributed by atoms with Crippen LogP contribution < -0.4 is 5.32 Å². The third kappa shape index (κ3) is 4.16. The number of hydrogen-bond donors (Lipinski definition) is 1. The summed E-state index contributed by atoms with van der Waals surface area (Å²) in [7, 11) is 0. The summed E-state index contributed by atoms with van der Waals surface area (Å²) in [5.41, 5.74) is 0.452. The van der Waals surface area contributed by atoms with Crippen molar-refractivity contribution in [3.05, 3.63) is 57.0 Å². The first-order valence-electron chi connectivity index (χ1n) is 5.69. The minimum Gasteiger partial charge on any atom is -0.323 e. The number of carbonyl (C=O) groups is 1. The van der Waals surface area contributed by atoms with E-state index >= 15 is 0 Å². The van der Waals surface area contributed by atoms with Crippen molar-refractivity contribution in [2.45, 2.75) is 4.90 Å². The van der Waals surface area contributed by atoms with E-state index in [1.54, 1.807) is 18.2 Å². The molecule has 0 unspecified atom stereocenters. The SMILES string of the molecule is O=C(CSc1ccccc1Br)Nc1c(Cl)cccc1Cl. The van der Waals surface area contributed by atoms with Crippen LogP contribution in [0.15, 0.2) is 51.8 Å². The Morgan fingerprint density at radius 1 is 1.10 bits per heavy atom. The van der Waals surface area contributed by atoms with E-state index in [-0.39, 0.29) is 11.7 Å². The molecule has 0 fully saturated rings. The van der Waals surface area contributed by atoms with Crippen molar-refractivity contribution < 1.29 is 4.79 Å². The molecule has 1 amide bonds. The molecular formula is C14H10BrCl2NOS. The first-order valence-corrected chi connectivity index (χ1v) is 8.22. The highest BCUT2D eigenvalue weighted by Gasteiger charge is 2.10. The van der Waals surface area contributed by atoms with Crippen LogP contribution in [0.4, 0.5) is 5.69 Å². The highest BCUT2D eigenvalue weighted by molar-refractivity contribution is 9.10. The standard InChI is InChI=1S/C14H10BrCl2NOS/c15-9-4-1-2-7-12(9)20-8-13(19)18-14-10(16)5-3-6-11(14)17/h1-7H,8H2,(H,18,19). The number of anilines is 1. The quantitative estimate of drug-likeness (QED) is 0.699. The lowest BCUT2D eigenvalue weighted by molar-refractivity contribution is -0.113.